The molecule has 166 valence electrons. The third-order valence-electron chi connectivity index (χ3n) is 5.02. The number of halogens is 8. The second-order valence-electron chi connectivity index (χ2n) is 7.71. The fourth-order valence-corrected chi connectivity index (χ4v) is 5.11. The van der Waals surface area contributed by atoms with E-state index < -0.39 is 72.9 Å². The molecular weight excluding hydrogens is 424 g/mol. The molecule has 2 rings (SSSR count). The zero-order valence-electron chi connectivity index (χ0n) is 14.9. The van der Waals surface area contributed by atoms with Gasteiger partial charge >= 0.3 is 23.7 Å². The average Bonchev–Trinajstić information content (AvgIpc) is 2.41. The molecule has 2 fully saturated rings. The highest BCUT2D eigenvalue weighted by molar-refractivity contribution is 7.75. The fraction of sp³-hybridized carbons (Fsp3) is 1.00. The Morgan fingerprint density at radius 3 is 1.43 bits per heavy atom. The molecule has 0 spiro atoms. The number of hydrogen-bond acceptors (Lipinski definition) is 3. The number of alkyl halides is 8. The predicted molar refractivity (Wildman–Crippen MR) is 83.8 cm³/mol. The maximum atomic E-state index is 13.7. The third-order valence-corrected chi connectivity index (χ3v) is 6.00. The molecule has 4 unspecified atom stereocenters. The van der Waals surface area contributed by atoms with Gasteiger partial charge in [-0.15, -0.1) is 0 Å². The Labute approximate surface area is 160 Å². The molecule has 0 radical (unpaired) electrons. The van der Waals surface area contributed by atoms with Gasteiger partial charge in [-0.3, -0.25) is 8.37 Å². The minimum atomic E-state index is -4.76. The van der Waals surface area contributed by atoms with Crippen molar-refractivity contribution in [3.8, 4) is 0 Å². The van der Waals surface area contributed by atoms with Crippen LogP contribution in [0.1, 0.15) is 64.2 Å². The van der Waals surface area contributed by atoms with E-state index in [-0.39, 0.29) is 38.5 Å². The monoisotopic (exact) mass is 446 g/mol. The Morgan fingerprint density at radius 1 is 0.786 bits per heavy atom. The Kier molecular flexibility index (Phi) is 7.40. The van der Waals surface area contributed by atoms with E-state index in [2.05, 4.69) is 0 Å². The molecule has 0 heterocycles. The van der Waals surface area contributed by atoms with E-state index >= 15 is 0 Å². The topological polar surface area (TPSA) is 35.5 Å². The smallest absolute Gasteiger partial charge is 0.261 e. The zero-order valence-corrected chi connectivity index (χ0v) is 15.7. The molecule has 2 saturated carbocycles. The van der Waals surface area contributed by atoms with Gasteiger partial charge in [0.25, 0.3) is 0 Å². The van der Waals surface area contributed by atoms with Crippen LogP contribution in [0.2, 0.25) is 0 Å². The molecule has 0 N–H and O–H groups in total. The lowest BCUT2D eigenvalue weighted by Gasteiger charge is -2.41. The van der Waals surface area contributed by atoms with E-state index in [4.69, 9.17) is 8.37 Å². The van der Waals surface area contributed by atoms with Crippen LogP contribution >= 0.6 is 0 Å². The van der Waals surface area contributed by atoms with Crippen LogP contribution in [0, 0.1) is 0 Å². The number of hydrogen-bond donors (Lipinski definition) is 0. The van der Waals surface area contributed by atoms with Gasteiger partial charge in [-0.25, -0.2) is 8.78 Å². The molecule has 0 aromatic heterocycles. The van der Waals surface area contributed by atoms with Crippen LogP contribution in [0.25, 0.3) is 0 Å². The van der Waals surface area contributed by atoms with Gasteiger partial charge in [0.15, 0.2) is 0 Å². The van der Waals surface area contributed by atoms with Crippen molar-refractivity contribution < 1.29 is 47.7 Å². The summed E-state index contributed by atoms with van der Waals surface area (Å²) in [5, 5.41) is 0. The highest BCUT2D eigenvalue weighted by atomic mass is 32.2. The summed E-state index contributed by atoms with van der Waals surface area (Å²) in [6.07, 6.45) is -17.8. The molecule has 0 saturated heterocycles. The first-order valence-electron chi connectivity index (χ1n) is 8.94. The minimum absolute atomic E-state index is 0.0119. The first kappa shape index (κ1) is 23.8. The van der Waals surface area contributed by atoms with Crippen LogP contribution < -0.4 is 0 Å². The van der Waals surface area contributed by atoms with Gasteiger partial charge in [0.2, 0.25) is 0 Å². The van der Waals surface area contributed by atoms with Gasteiger partial charge in [-0.05, 0) is 38.5 Å². The molecule has 0 amide bonds. The highest BCUT2D eigenvalue weighted by Gasteiger charge is 2.51. The molecule has 3 nitrogen and oxygen atoms in total. The van der Waals surface area contributed by atoms with Crippen molar-refractivity contribution in [2.45, 2.75) is 100 Å². The molecule has 12 heteroatoms. The molecular formula is C16H22F8O3S. The largest absolute Gasteiger partial charge is 0.391 e. The molecule has 2 aliphatic rings. The van der Waals surface area contributed by atoms with Crippen LogP contribution in [0.3, 0.4) is 0 Å². The van der Waals surface area contributed by atoms with Crippen LogP contribution in [-0.4, -0.2) is 40.1 Å². The Balaban J connectivity index is 2.16. The quantitative estimate of drug-likeness (QED) is 0.484. The Hall–Kier alpha value is -0.490. The summed E-state index contributed by atoms with van der Waals surface area (Å²) in [5.41, 5.74) is -4.38. The van der Waals surface area contributed by atoms with Crippen LogP contribution in [0.15, 0.2) is 0 Å². The number of rotatable bonds is 6. The van der Waals surface area contributed by atoms with Crippen molar-refractivity contribution in [2.24, 2.45) is 0 Å². The summed E-state index contributed by atoms with van der Waals surface area (Å²) in [4.78, 5) is 0. The molecule has 2 aliphatic carbocycles. The molecule has 4 atom stereocenters. The van der Waals surface area contributed by atoms with Crippen molar-refractivity contribution in [1.29, 1.82) is 0 Å². The SMILES string of the molecule is O=S(OC1(CC(F)(F)F)CCCC(F)C1)OC1(CC(F)(F)F)CCCC(F)C1. The van der Waals surface area contributed by atoms with E-state index in [1.165, 1.54) is 0 Å². The molecule has 0 aromatic carbocycles. The van der Waals surface area contributed by atoms with Crippen molar-refractivity contribution in [1.82, 2.24) is 0 Å². The summed E-state index contributed by atoms with van der Waals surface area (Å²) in [6.45, 7) is 0. The summed E-state index contributed by atoms with van der Waals surface area (Å²) in [5.74, 6) is 0. The van der Waals surface area contributed by atoms with Crippen LogP contribution in [0.5, 0.6) is 0 Å². The molecule has 0 aliphatic heterocycles. The third kappa shape index (κ3) is 7.40. The van der Waals surface area contributed by atoms with Gasteiger partial charge in [-0.2, -0.15) is 30.6 Å². The molecule has 28 heavy (non-hydrogen) atoms. The maximum Gasteiger partial charge on any atom is 0.391 e. The van der Waals surface area contributed by atoms with Gasteiger partial charge in [0.05, 0.1) is 24.0 Å². The van der Waals surface area contributed by atoms with Gasteiger partial charge < -0.3 is 0 Å². The lowest BCUT2D eigenvalue weighted by Crippen LogP contribution is -2.47. The van der Waals surface area contributed by atoms with Crippen LogP contribution in [0.4, 0.5) is 35.1 Å². The first-order valence-corrected chi connectivity index (χ1v) is 9.94. The van der Waals surface area contributed by atoms with E-state index in [0.29, 0.717) is 0 Å². The summed E-state index contributed by atoms with van der Waals surface area (Å²) in [6, 6.07) is 0. The first-order chi connectivity index (χ1) is 12.7. The van der Waals surface area contributed by atoms with E-state index in [0.717, 1.165) is 0 Å². The van der Waals surface area contributed by atoms with E-state index in [1.807, 2.05) is 0 Å². The van der Waals surface area contributed by atoms with Crippen molar-refractivity contribution in [2.75, 3.05) is 0 Å². The minimum Gasteiger partial charge on any atom is -0.261 e. The van der Waals surface area contributed by atoms with Crippen LogP contribution in [-0.2, 0) is 19.7 Å². The van der Waals surface area contributed by atoms with Gasteiger partial charge in [0.1, 0.15) is 12.3 Å². The van der Waals surface area contributed by atoms with E-state index in [1.54, 1.807) is 0 Å². The lowest BCUT2D eigenvalue weighted by atomic mass is 9.81. The lowest BCUT2D eigenvalue weighted by molar-refractivity contribution is -0.186. The Bertz CT molecular complexity index is 509. The van der Waals surface area contributed by atoms with Gasteiger partial charge in [0, 0.05) is 12.8 Å². The van der Waals surface area contributed by atoms with Gasteiger partial charge in [-0.1, -0.05) is 0 Å². The fourth-order valence-electron chi connectivity index (χ4n) is 4.07. The predicted octanol–water partition coefficient (Wildman–Crippen LogP) is 5.80. The Morgan fingerprint density at radius 2 is 1.14 bits per heavy atom. The highest BCUT2D eigenvalue weighted by Crippen LogP contribution is 2.45. The second kappa shape index (κ2) is 8.71. The normalized spacial score (nSPS) is 36.3. The van der Waals surface area contributed by atoms with Crippen molar-refractivity contribution in [3.05, 3.63) is 0 Å². The summed E-state index contributed by atoms with van der Waals surface area (Å²) < 4.78 is 127. The van der Waals surface area contributed by atoms with E-state index in [9.17, 15) is 39.3 Å². The maximum absolute atomic E-state index is 13.7. The zero-order chi connectivity index (χ0) is 21.2. The molecule has 0 aromatic rings. The standard InChI is InChI=1S/C16H22F8O3S/c17-11-3-1-5-13(7-11,9-15(19,20)21)26-28(25)27-14(10-16(22,23)24)6-2-4-12(18)8-14/h11-12H,1-10H2. The summed E-state index contributed by atoms with van der Waals surface area (Å²) >= 11 is -3.03. The van der Waals surface area contributed by atoms with Crippen molar-refractivity contribution >= 4 is 11.4 Å². The average molecular weight is 446 g/mol. The summed E-state index contributed by atoms with van der Waals surface area (Å²) in [7, 11) is 0. The second-order valence-corrected chi connectivity index (χ2v) is 8.45. The molecule has 0 bridgehead atoms. The van der Waals surface area contributed by atoms with Crippen molar-refractivity contribution in [3.63, 3.8) is 0 Å².